The zero-order valence-corrected chi connectivity index (χ0v) is 27.2. The van der Waals surface area contributed by atoms with Crippen LogP contribution in [0.2, 0.25) is 0 Å². The van der Waals surface area contributed by atoms with Gasteiger partial charge >= 0.3 is 19.4 Å². The number of nitro groups is 2. The quantitative estimate of drug-likeness (QED) is 0.0487. The van der Waals surface area contributed by atoms with Gasteiger partial charge in [-0.1, -0.05) is 0 Å². The van der Waals surface area contributed by atoms with Crippen LogP contribution in [0.3, 0.4) is 0 Å². The van der Waals surface area contributed by atoms with Crippen molar-refractivity contribution in [2.75, 3.05) is 62.8 Å². The highest BCUT2D eigenvalue weighted by atomic mass is 35.5. The number of furan rings is 2. The van der Waals surface area contributed by atoms with Gasteiger partial charge in [0.2, 0.25) is 0 Å². The molecule has 2 heterocycles. The minimum absolute atomic E-state index is 0.0824. The van der Waals surface area contributed by atoms with Gasteiger partial charge in [-0.3, -0.25) is 34.4 Å². The molecule has 238 valence electrons. The van der Waals surface area contributed by atoms with Gasteiger partial charge in [-0.15, -0.1) is 46.4 Å². The number of nitrogens with one attached hydrogen (secondary N) is 2. The van der Waals surface area contributed by atoms with E-state index in [2.05, 4.69) is 16.5 Å². The summed E-state index contributed by atoms with van der Waals surface area (Å²) in [6, 6.07) is 5.18. The monoisotopic (exact) mass is 714 g/mol. The molecule has 2 rings (SSSR count). The van der Waals surface area contributed by atoms with Crippen LogP contribution in [0.1, 0.15) is 11.5 Å². The Balaban J connectivity index is 2.15. The van der Waals surface area contributed by atoms with Gasteiger partial charge in [0.15, 0.2) is 0 Å². The van der Waals surface area contributed by atoms with Crippen molar-refractivity contribution in [2.24, 2.45) is 0 Å². The highest BCUT2D eigenvalue weighted by Gasteiger charge is 2.32. The Morgan fingerprint density at radius 2 is 1.19 bits per heavy atom. The van der Waals surface area contributed by atoms with Gasteiger partial charge in [-0.05, 0) is 18.4 Å². The number of hydrogen-bond acceptors (Lipinski definition) is 11. The summed E-state index contributed by atoms with van der Waals surface area (Å²) in [5.41, 5.74) is 0. The van der Waals surface area contributed by atoms with Crippen LogP contribution < -0.4 is 10.2 Å². The van der Waals surface area contributed by atoms with Gasteiger partial charge in [0.1, 0.15) is 42.0 Å². The summed E-state index contributed by atoms with van der Waals surface area (Å²) in [5, 5.41) is 28.0. The molecule has 0 radical (unpaired) electrons. The fourth-order valence-electron chi connectivity index (χ4n) is 3.49. The van der Waals surface area contributed by atoms with Crippen molar-refractivity contribution in [3.63, 3.8) is 0 Å². The van der Waals surface area contributed by atoms with Crippen LogP contribution in [-0.2, 0) is 26.8 Å². The summed E-state index contributed by atoms with van der Waals surface area (Å²) >= 11 is 23.9. The van der Waals surface area contributed by atoms with E-state index in [0.717, 1.165) is 0 Å². The Morgan fingerprint density at radius 1 is 0.762 bits per heavy atom. The summed E-state index contributed by atoms with van der Waals surface area (Å²) in [7, 11) is -6.65. The maximum atomic E-state index is 14.0. The minimum Gasteiger partial charge on any atom is -0.403 e. The van der Waals surface area contributed by atoms with E-state index in [4.69, 9.17) is 64.3 Å². The molecule has 0 amide bonds. The van der Waals surface area contributed by atoms with Crippen molar-refractivity contribution in [3.8, 4) is 0 Å². The topological polar surface area (TPSA) is 179 Å². The Hall–Kier alpha value is -1.19. The normalized spacial score (nSPS) is 14.7. The van der Waals surface area contributed by atoms with Crippen molar-refractivity contribution < 1.29 is 32.3 Å². The number of rotatable bonds is 23. The molecule has 15 nitrogen and oxygen atoms in total. The zero-order chi connectivity index (χ0) is 31.2. The SMILES string of the molecule is C=P(NCCNP(=O)(OCc1ccc([N+](=O)[O-])o1)N(CCCl)CCCl)(OCc1ccc([N+](=O)[O-])o1)N(CCCl)CCCl. The molecular weight excluding hydrogens is 684 g/mol. The molecule has 2 atom stereocenters. The summed E-state index contributed by atoms with van der Waals surface area (Å²) in [4.78, 5) is 20.5. The summed E-state index contributed by atoms with van der Waals surface area (Å²) in [6.07, 6.45) is 4.25. The average Bonchev–Trinajstić information content (AvgIpc) is 3.64. The molecule has 0 aliphatic heterocycles. The Bertz CT molecular complexity index is 1130. The first-order chi connectivity index (χ1) is 20.0. The van der Waals surface area contributed by atoms with Gasteiger partial charge in [0, 0.05) is 62.8 Å². The van der Waals surface area contributed by atoms with Gasteiger partial charge in [-0.2, -0.15) is 0 Å². The molecule has 0 aromatic carbocycles. The molecule has 0 saturated heterocycles. The first-order valence-corrected chi connectivity index (χ1v) is 17.9. The predicted octanol–water partition coefficient (Wildman–Crippen LogP) is 5.46. The molecule has 0 fully saturated rings. The van der Waals surface area contributed by atoms with E-state index in [1.54, 1.807) is 0 Å². The number of alkyl halides is 4. The molecule has 2 aromatic heterocycles. The number of nitrogens with zero attached hydrogens (tertiary/aromatic N) is 4. The highest BCUT2D eigenvalue weighted by molar-refractivity contribution is 7.64. The molecule has 21 heteroatoms. The molecule has 2 unspecified atom stereocenters. The van der Waals surface area contributed by atoms with Gasteiger partial charge in [-0.25, -0.2) is 14.4 Å². The molecule has 42 heavy (non-hydrogen) atoms. The standard InChI is InChI=1S/C21H32Cl4N6O9P2/c1-41(28(12-6-22)13-7-23,37-16-18-2-4-20(39-18)30(32)33)26-10-11-27-42(36,29(14-8-24)15-9-25)38-17-19-3-5-21(40-19)31(34)35/h2-5,26H,1,6-17H2,(H,27,36). The summed E-state index contributed by atoms with van der Waals surface area (Å²) < 4.78 is 39.4. The molecule has 2 aromatic rings. The summed E-state index contributed by atoms with van der Waals surface area (Å²) in [6.45, 7) is 0.910. The number of hydrogen-bond donors (Lipinski definition) is 2. The average molecular weight is 716 g/mol. The van der Waals surface area contributed by atoms with E-state index in [1.807, 2.05) is 4.67 Å². The second-order valence-electron chi connectivity index (χ2n) is 8.24. The van der Waals surface area contributed by atoms with Crippen molar-refractivity contribution >= 4 is 79.6 Å². The molecule has 2 N–H and O–H groups in total. The van der Waals surface area contributed by atoms with Crippen LogP contribution in [0.15, 0.2) is 33.1 Å². The van der Waals surface area contributed by atoms with E-state index in [1.165, 1.54) is 28.9 Å². The lowest BCUT2D eigenvalue weighted by Gasteiger charge is -2.36. The third-order valence-corrected chi connectivity index (χ3v) is 11.0. The first kappa shape index (κ1) is 37.0. The molecule has 0 bridgehead atoms. The van der Waals surface area contributed by atoms with Crippen molar-refractivity contribution in [2.45, 2.75) is 13.2 Å². The Kier molecular flexibility index (Phi) is 16.4. The third-order valence-electron chi connectivity index (χ3n) is 5.45. The minimum atomic E-state index is -3.78. The molecule has 0 saturated carbocycles. The second kappa shape index (κ2) is 18.6. The molecule has 0 aliphatic rings. The number of halogens is 4. The lowest BCUT2D eigenvalue weighted by Crippen LogP contribution is -2.37. The van der Waals surface area contributed by atoms with Crippen molar-refractivity contribution in [3.05, 3.63) is 56.0 Å². The second-order valence-corrected chi connectivity index (χ2v) is 14.5. The van der Waals surface area contributed by atoms with Gasteiger partial charge in [0.25, 0.3) is 0 Å². The predicted molar refractivity (Wildman–Crippen MR) is 164 cm³/mol. The van der Waals surface area contributed by atoms with Crippen LogP contribution in [-0.4, -0.2) is 88.3 Å². The van der Waals surface area contributed by atoms with Crippen molar-refractivity contribution in [1.82, 2.24) is 19.5 Å². The van der Waals surface area contributed by atoms with E-state index < -0.39 is 36.7 Å². The van der Waals surface area contributed by atoms with Crippen LogP contribution in [0.4, 0.5) is 11.8 Å². The first-order valence-electron chi connectivity index (χ1n) is 12.4. The van der Waals surface area contributed by atoms with E-state index in [0.29, 0.717) is 13.1 Å². The van der Waals surface area contributed by atoms with Crippen LogP contribution in [0.5, 0.6) is 0 Å². The molecule has 0 aliphatic carbocycles. The molecule has 0 spiro atoms. The fraction of sp³-hybridized carbons (Fsp3) is 0.571. The van der Waals surface area contributed by atoms with E-state index in [-0.39, 0.29) is 74.4 Å². The maximum absolute atomic E-state index is 14.0. The van der Waals surface area contributed by atoms with Gasteiger partial charge < -0.3 is 13.4 Å². The Labute approximate surface area is 262 Å². The smallest absolute Gasteiger partial charge is 0.403 e. The van der Waals surface area contributed by atoms with Crippen LogP contribution >= 0.6 is 61.5 Å². The molecular formula is C21H32Cl4N6O9P2. The van der Waals surface area contributed by atoms with E-state index in [9.17, 15) is 24.8 Å². The van der Waals surface area contributed by atoms with Gasteiger partial charge in [0.05, 0.1) is 12.1 Å². The lowest BCUT2D eigenvalue weighted by atomic mass is 10.5. The third kappa shape index (κ3) is 11.4. The van der Waals surface area contributed by atoms with Crippen molar-refractivity contribution in [1.29, 1.82) is 0 Å². The maximum Gasteiger partial charge on any atom is 0.433 e. The summed E-state index contributed by atoms with van der Waals surface area (Å²) in [5.74, 6) is 0.203. The Morgan fingerprint density at radius 3 is 1.62 bits per heavy atom. The fourth-order valence-corrected chi connectivity index (χ4v) is 8.76. The highest BCUT2D eigenvalue weighted by Crippen LogP contribution is 2.49. The zero-order valence-electron chi connectivity index (χ0n) is 22.4. The van der Waals surface area contributed by atoms with Crippen LogP contribution in [0, 0.1) is 20.2 Å². The van der Waals surface area contributed by atoms with E-state index >= 15 is 0 Å². The lowest BCUT2D eigenvalue weighted by molar-refractivity contribution is -0.402. The largest absolute Gasteiger partial charge is 0.433 e. The van der Waals surface area contributed by atoms with Crippen LogP contribution in [0.25, 0.3) is 0 Å².